The van der Waals surface area contributed by atoms with Crippen molar-refractivity contribution in [3.05, 3.63) is 65.7 Å². The van der Waals surface area contributed by atoms with E-state index in [2.05, 4.69) is 73.9 Å². The first kappa shape index (κ1) is 15.5. The predicted molar refractivity (Wildman–Crippen MR) is 99.4 cm³/mol. The molecule has 0 spiro atoms. The number of hydrogen-bond donors (Lipinski definition) is 1. The van der Waals surface area contributed by atoms with Crippen molar-refractivity contribution in [3.8, 4) is 0 Å². The van der Waals surface area contributed by atoms with Crippen LogP contribution in [-0.4, -0.2) is 16.8 Å². The van der Waals surface area contributed by atoms with E-state index >= 15 is 0 Å². The average Bonchev–Trinajstić information content (AvgIpc) is 2.76. The molecule has 0 saturated carbocycles. The number of anilines is 1. The monoisotopic (exact) mass is 305 g/mol. The van der Waals surface area contributed by atoms with E-state index in [9.17, 15) is 0 Å². The minimum atomic E-state index is 0.0239. The van der Waals surface area contributed by atoms with Crippen molar-refractivity contribution >= 4 is 23.2 Å². The molecule has 1 heterocycles. The summed E-state index contributed by atoms with van der Waals surface area (Å²) in [5, 5.41) is 0. The molecule has 0 amide bonds. The molecule has 0 atom stereocenters. The lowest BCUT2D eigenvalue weighted by molar-refractivity contribution is -0.437. The largest absolute Gasteiger partial charge is 0.399 e. The zero-order valence-electron chi connectivity index (χ0n) is 14.2. The highest BCUT2D eigenvalue weighted by molar-refractivity contribution is 6.05. The molecule has 2 N–H and O–H groups in total. The van der Waals surface area contributed by atoms with Gasteiger partial charge in [-0.3, -0.25) is 0 Å². The van der Waals surface area contributed by atoms with Gasteiger partial charge in [0.05, 0.1) is 5.41 Å². The van der Waals surface area contributed by atoms with Crippen LogP contribution in [0.4, 0.5) is 11.4 Å². The maximum Gasteiger partial charge on any atom is 0.209 e. The lowest BCUT2D eigenvalue weighted by atomic mass is 9.81. The average molecular weight is 305 g/mol. The van der Waals surface area contributed by atoms with Gasteiger partial charge in [0.2, 0.25) is 5.69 Å². The molecule has 0 bridgehead atoms. The van der Waals surface area contributed by atoms with Gasteiger partial charge in [0.25, 0.3) is 0 Å². The van der Waals surface area contributed by atoms with Crippen molar-refractivity contribution in [2.75, 3.05) is 12.3 Å². The number of nitrogens with two attached hydrogens (primary N) is 1. The summed E-state index contributed by atoms with van der Waals surface area (Å²) < 4.78 is 2.46. The summed E-state index contributed by atoms with van der Waals surface area (Å²) in [5.74, 6) is 0. The molecule has 2 nitrogen and oxygen atoms in total. The summed E-state index contributed by atoms with van der Waals surface area (Å²) in [6.45, 7) is 7.89. The van der Waals surface area contributed by atoms with Crippen LogP contribution in [0.3, 0.4) is 0 Å². The van der Waals surface area contributed by atoms with Gasteiger partial charge in [-0.05, 0) is 37.6 Å². The van der Waals surface area contributed by atoms with Gasteiger partial charge in [-0.2, -0.15) is 4.58 Å². The number of nitrogen functional groups attached to an aromatic ring is 1. The smallest absolute Gasteiger partial charge is 0.209 e. The Labute approximate surface area is 139 Å². The fourth-order valence-electron chi connectivity index (χ4n) is 3.39. The van der Waals surface area contributed by atoms with Crippen molar-refractivity contribution in [3.63, 3.8) is 0 Å². The lowest BCUT2D eigenvalue weighted by Crippen LogP contribution is -2.27. The van der Waals surface area contributed by atoms with E-state index in [1.54, 1.807) is 0 Å². The van der Waals surface area contributed by atoms with Gasteiger partial charge in [0.1, 0.15) is 6.54 Å². The first-order valence-electron chi connectivity index (χ1n) is 8.32. The third kappa shape index (κ3) is 2.81. The fraction of sp³-hybridized carbons (Fsp3) is 0.286. The molecule has 23 heavy (non-hydrogen) atoms. The van der Waals surface area contributed by atoms with Crippen molar-refractivity contribution < 1.29 is 4.58 Å². The molecule has 0 aromatic heterocycles. The van der Waals surface area contributed by atoms with Crippen molar-refractivity contribution in [1.29, 1.82) is 0 Å². The number of rotatable bonds is 4. The first-order valence-corrected chi connectivity index (χ1v) is 8.32. The van der Waals surface area contributed by atoms with Crippen LogP contribution in [0.25, 0.3) is 6.08 Å². The van der Waals surface area contributed by atoms with Crippen molar-refractivity contribution in [2.45, 2.75) is 32.6 Å². The van der Waals surface area contributed by atoms with E-state index in [-0.39, 0.29) is 5.41 Å². The van der Waals surface area contributed by atoms with Crippen LogP contribution in [0.1, 0.15) is 38.3 Å². The standard InChI is InChI=1S/C21H24N2/c1-4-15-23-19-8-6-5-7-18(19)21(2,3)20(23)14-11-16-9-12-17(22)13-10-16/h5-14,22H,4,15H2,1-3H3/p+1. The van der Waals surface area contributed by atoms with E-state index in [4.69, 9.17) is 5.73 Å². The molecule has 0 fully saturated rings. The van der Waals surface area contributed by atoms with Crippen LogP contribution < -0.4 is 5.73 Å². The Morgan fingerprint density at radius 3 is 2.39 bits per heavy atom. The molecule has 0 unspecified atom stereocenters. The Morgan fingerprint density at radius 1 is 1.00 bits per heavy atom. The molecule has 3 rings (SSSR count). The Balaban J connectivity index is 2.04. The van der Waals surface area contributed by atoms with E-state index < -0.39 is 0 Å². The molecule has 2 heteroatoms. The summed E-state index contributed by atoms with van der Waals surface area (Å²) in [6, 6.07) is 16.8. The second-order valence-electron chi connectivity index (χ2n) is 6.68. The number of fused-ring (bicyclic) bond motifs is 1. The van der Waals surface area contributed by atoms with Gasteiger partial charge < -0.3 is 5.73 Å². The van der Waals surface area contributed by atoms with E-state index in [1.807, 2.05) is 12.1 Å². The third-order valence-electron chi connectivity index (χ3n) is 4.62. The highest BCUT2D eigenvalue weighted by Crippen LogP contribution is 2.39. The van der Waals surface area contributed by atoms with Crippen LogP contribution >= 0.6 is 0 Å². The van der Waals surface area contributed by atoms with Crippen LogP contribution in [0.2, 0.25) is 0 Å². The Bertz CT molecular complexity index is 765. The molecular weight excluding hydrogens is 280 g/mol. The van der Waals surface area contributed by atoms with Gasteiger partial charge >= 0.3 is 0 Å². The number of hydrogen-bond acceptors (Lipinski definition) is 1. The minimum Gasteiger partial charge on any atom is -0.399 e. The fourth-order valence-corrected chi connectivity index (χ4v) is 3.39. The molecule has 1 aliphatic heterocycles. The molecule has 2 aromatic rings. The molecule has 0 saturated heterocycles. The molecule has 0 aliphatic carbocycles. The van der Waals surface area contributed by atoms with Gasteiger partial charge in [-0.1, -0.05) is 37.3 Å². The van der Waals surface area contributed by atoms with Crippen molar-refractivity contribution in [2.24, 2.45) is 0 Å². The van der Waals surface area contributed by atoms with Crippen molar-refractivity contribution in [1.82, 2.24) is 0 Å². The first-order chi connectivity index (χ1) is 11.0. The highest BCUT2D eigenvalue weighted by atomic mass is 15.1. The second kappa shape index (κ2) is 6.04. The van der Waals surface area contributed by atoms with Gasteiger partial charge in [0.15, 0.2) is 5.71 Å². The SMILES string of the molecule is CCC[N+]1=C(C=Cc2ccc(N)cc2)C(C)(C)c2ccccc21. The molecular formula is C21H25N2+. The number of nitrogens with zero attached hydrogens (tertiary/aromatic N) is 1. The van der Waals surface area contributed by atoms with Crippen LogP contribution in [-0.2, 0) is 5.41 Å². The normalized spacial score (nSPS) is 16.1. The van der Waals surface area contributed by atoms with Gasteiger partial charge in [0, 0.05) is 29.8 Å². The van der Waals surface area contributed by atoms with Crippen LogP contribution in [0.5, 0.6) is 0 Å². The quantitative estimate of drug-likeness (QED) is 0.640. The van der Waals surface area contributed by atoms with E-state index in [0.717, 1.165) is 18.7 Å². The Kier molecular flexibility index (Phi) is 4.08. The van der Waals surface area contributed by atoms with E-state index in [0.29, 0.717) is 0 Å². The molecule has 0 radical (unpaired) electrons. The van der Waals surface area contributed by atoms with Gasteiger partial charge in [-0.25, -0.2) is 0 Å². The lowest BCUT2D eigenvalue weighted by Gasteiger charge is -2.15. The summed E-state index contributed by atoms with van der Waals surface area (Å²) in [7, 11) is 0. The maximum absolute atomic E-state index is 5.77. The molecule has 1 aliphatic rings. The zero-order chi connectivity index (χ0) is 16.4. The van der Waals surface area contributed by atoms with E-state index in [1.165, 1.54) is 22.5 Å². The topological polar surface area (TPSA) is 29.0 Å². The summed E-state index contributed by atoms with van der Waals surface area (Å²) in [4.78, 5) is 0. The number of para-hydroxylation sites is 1. The summed E-state index contributed by atoms with van der Waals surface area (Å²) in [6.07, 6.45) is 5.58. The number of allylic oxidation sites excluding steroid dienone is 1. The number of benzene rings is 2. The third-order valence-corrected chi connectivity index (χ3v) is 4.62. The summed E-state index contributed by atoms with van der Waals surface area (Å²) in [5.41, 5.74) is 11.9. The Morgan fingerprint density at radius 2 is 1.70 bits per heavy atom. The minimum absolute atomic E-state index is 0.0239. The van der Waals surface area contributed by atoms with Crippen LogP contribution in [0, 0.1) is 0 Å². The van der Waals surface area contributed by atoms with Crippen LogP contribution in [0.15, 0.2) is 54.6 Å². The molecule has 2 aromatic carbocycles. The summed E-state index contributed by atoms with van der Waals surface area (Å²) >= 11 is 0. The zero-order valence-corrected chi connectivity index (χ0v) is 14.2. The predicted octanol–water partition coefficient (Wildman–Crippen LogP) is 4.77. The maximum atomic E-state index is 5.77. The Hall–Kier alpha value is -2.35. The van der Waals surface area contributed by atoms with Gasteiger partial charge in [-0.15, -0.1) is 0 Å². The molecule has 118 valence electrons. The highest BCUT2D eigenvalue weighted by Gasteiger charge is 2.43. The second-order valence-corrected chi connectivity index (χ2v) is 6.68.